The molecule has 2 rings (SSSR count). The summed E-state index contributed by atoms with van der Waals surface area (Å²) in [4.78, 5) is 10.4. The van der Waals surface area contributed by atoms with Crippen LogP contribution >= 0.6 is 15.9 Å². The van der Waals surface area contributed by atoms with Gasteiger partial charge in [0.2, 0.25) is 0 Å². The van der Waals surface area contributed by atoms with Gasteiger partial charge in [0.1, 0.15) is 16.6 Å². The van der Waals surface area contributed by atoms with Gasteiger partial charge in [0.15, 0.2) is 5.82 Å². The van der Waals surface area contributed by atoms with Gasteiger partial charge >= 0.3 is 0 Å². The molecule has 0 spiro atoms. The van der Waals surface area contributed by atoms with Crippen molar-refractivity contribution in [2.45, 2.75) is 25.3 Å². The van der Waals surface area contributed by atoms with Crippen LogP contribution in [0.1, 0.15) is 19.3 Å². The van der Waals surface area contributed by atoms with Gasteiger partial charge in [0, 0.05) is 6.54 Å². The Kier molecular flexibility index (Phi) is 4.14. The number of aliphatic hydroxyl groups excluding tert-OH is 1. The largest absolute Gasteiger partial charge is 0.394 e. The molecule has 0 amide bonds. The Morgan fingerprint density at radius 1 is 1.53 bits per heavy atom. The summed E-state index contributed by atoms with van der Waals surface area (Å²) in [7, 11) is 0. The van der Waals surface area contributed by atoms with Crippen molar-refractivity contribution < 1.29 is 5.11 Å². The third kappa shape index (κ3) is 2.51. The van der Waals surface area contributed by atoms with Crippen LogP contribution in [0.2, 0.25) is 0 Å². The van der Waals surface area contributed by atoms with Gasteiger partial charge in [0.05, 0.1) is 12.6 Å². The fraction of sp³-hybridized carbons (Fsp3) is 0.600. The maximum atomic E-state index is 9.40. The first-order valence-corrected chi connectivity index (χ1v) is 6.42. The number of hydrogen-bond acceptors (Lipinski definition) is 6. The smallest absolute Gasteiger partial charge is 0.159 e. The summed E-state index contributed by atoms with van der Waals surface area (Å²) >= 11 is 3.44. The lowest BCUT2D eigenvalue weighted by Gasteiger charge is -2.36. The zero-order valence-corrected chi connectivity index (χ0v) is 11.0. The quantitative estimate of drug-likeness (QED) is 0.567. The van der Waals surface area contributed by atoms with Crippen molar-refractivity contribution >= 4 is 27.6 Å². The predicted molar refractivity (Wildman–Crippen MR) is 69.6 cm³/mol. The maximum absolute atomic E-state index is 9.40. The molecule has 94 valence electrons. The number of nitrogens with one attached hydrogen (secondary N) is 1. The number of anilines is 2. The molecule has 0 aromatic carbocycles. The topological polar surface area (TPSA) is 87.3 Å². The number of aromatic nitrogens is 2. The van der Waals surface area contributed by atoms with Crippen molar-refractivity contribution in [1.29, 1.82) is 0 Å². The minimum absolute atomic E-state index is 0.126. The summed E-state index contributed by atoms with van der Waals surface area (Å²) in [5.74, 6) is 6.72. The number of halogens is 1. The highest BCUT2D eigenvalue weighted by molar-refractivity contribution is 9.10. The van der Waals surface area contributed by atoms with Gasteiger partial charge in [-0.05, 0) is 35.2 Å². The Labute approximate surface area is 108 Å². The Hall–Kier alpha value is -0.920. The van der Waals surface area contributed by atoms with Gasteiger partial charge in [-0.25, -0.2) is 15.8 Å². The predicted octanol–water partition coefficient (Wildman–Crippen LogP) is 0.876. The van der Waals surface area contributed by atoms with E-state index in [1.807, 2.05) is 0 Å². The van der Waals surface area contributed by atoms with Gasteiger partial charge < -0.3 is 15.4 Å². The van der Waals surface area contributed by atoms with Gasteiger partial charge in [0.25, 0.3) is 0 Å². The third-order valence-electron chi connectivity index (χ3n) is 3.02. The van der Waals surface area contributed by atoms with E-state index in [4.69, 9.17) is 5.84 Å². The molecule has 1 fully saturated rings. The zero-order chi connectivity index (χ0) is 12.3. The lowest BCUT2D eigenvalue weighted by atomic mass is 10.0. The third-order valence-corrected chi connectivity index (χ3v) is 3.75. The van der Waals surface area contributed by atoms with E-state index >= 15 is 0 Å². The van der Waals surface area contributed by atoms with Crippen LogP contribution in [0.15, 0.2) is 10.8 Å². The minimum atomic E-state index is 0.126. The summed E-state index contributed by atoms with van der Waals surface area (Å²) < 4.78 is 0.739. The first kappa shape index (κ1) is 12.5. The second-order valence-electron chi connectivity index (χ2n) is 4.03. The van der Waals surface area contributed by atoms with E-state index in [1.54, 1.807) is 0 Å². The molecule has 1 unspecified atom stereocenters. The molecule has 0 radical (unpaired) electrons. The number of hydrogen-bond donors (Lipinski definition) is 3. The minimum Gasteiger partial charge on any atom is -0.394 e. The highest BCUT2D eigenvalue weighted by Crippen LogP contribution is 2.32. The highest BCUT2D eigenvalue weighted by atomic mass is 79.9. The lowest BCUT2D eigenvalue weighted by molar-refractivity contribution is 0.239. The van der Waals surface area contributed by atoms with E-state index in [0.29, 0.717) is 5.82 Å². The normalized spacial score (nSPS) is 20.4. The van der Waals surface area contributed by atoms with Gasteiger partial charge in [-0.2, -0.15) is 0 Å². The number of nitrogens with two attached hydrogens (primary N) is 1. The van der Waals surface area contributed by atoms with E-state index in [0.717, 1.165) is 36.1 Å². The number of nitrogen functional groups attached to an aromatic ring is 1. The Balaban J connectivity index is 2.31. The fourth-order valence-electron chi connectivity index (χ4n) is 2.13. The van der Waals surface area contributed by atoms with E-state index in [9.17, 15) is 5.11 Å². The van der Waals surface area contributed by atoms with Crippen molar-refractivity contribution in [1.82, 2.24) is 9.97 Å². The molecule has 1 aliphatic heterocycles. The van der Waals surface area contributed by atoms with Crippen LogP contribution in [0.5, 0.6) is 0 Å². The van der Waals surface area contributed by atoms with Crippen molar-refractivity contribution in [3.05, 3.63) is 10.8 Å². The molecule has 1 saturated heterocycles. The van der Waals surface area contributed by atoms with Gasteiger partial charge in [-0.1, -0.05) is 0 Å². The number of rotatable bonds is 3. The van der Waals surface area contributed by atoms with E-state index in [-0.39, 0.29) is 12.6 Å². The first-order valence-electron chi connectivity index (χ1n) is 5.62. The molecular weight excluding hydrogens is 286 g/mol. The van der Waals surface area contributed by atoms with E-state index in [1.165, 1.54) is 6.33 Å². The molecule has 17 heavy (non-hydrogen) atoms. The Bertz CT molecular complexity index is 389. The maximum Gasteiger partial charge on any atom is 0.159 e. The molecule has 1 aromatic rings. The van der Waals surface area contributed by atoms with Crippen LogP contribution in [0.4, 0.5) is 11.6 Å². The summed E-state index contributed by atoms with van der Waals surface area (Å²) in [6.45, 7) is 1.03. The molecule has 1 aliphatic rings. The summed E-state index contributed by atoms with van der Waals surface area (Å²) in [5.41, 5.74) is 2.52. The van der Waals surface area contributed by atoms with Crippen LogP contribution in [0.3, 0.4) is 0 Å². The average molecular weight is 302 g/mol. The molecule has 0 bridgehead atoms. The molecule has 0 aliphatic carbocycles. The molecule has 6 nitrogen and oxygen atoms in total. The van der Waals surface area contributed by atoms with E-state index in [2.05, 4.69) is 36.2 Å². The SMILES string of the molecule is NNc1ncnc(N2CCCCC2CO)c1Br. The number of nitrogens with zero attached hydrogens (tertiary/aromatic N) is 3. The summed E-state index contributed by atoms with van der Waals surface area (Å²) in [5, 5.41) is 9.40. The molecule has 0 saturated carbocycles. The molecule has 4 N–H and O–H groups in total. The lowest BCUT2D eigenvalue weighted by Crippen LogP contribution is -2.42. The summed E-state index contributed by atoms with van der Waals surface area (Å²) in [6, 6.07) is 0.126. The molecule has 2 heterocycles. The van der Waals surface area contributed by atoms with Crippen LogP contribution in [0, 0.1) is 0 Å². The van der Waals surface area contributed by atoms with Crippen molar-refractivity contribution in [3.8, 4) is 0 Å². The first-order chi connectivity index (χ1) is 8.27. The van der Waals surface area contributed by atoms with Crippen molar-refractivity contribution in [3.63, 3.8) is 0 Å². The highest BCUT2D eigenvalue weighted by Gasteiger charge is 2.25. The Morgan fingerprint density at radius 3 is 3.06 bits per heavy atom. The van der Waals surface area contributed by atoms with Crippen LogP contribution in [-0.2, 0) is 0 Å². The second kappa shape index (κ2) is 5.61. The van der Waals surface area contributed by atoms with Crippen molar-refractivity contribution in [2.24, 2.45) is 5.84 Å². The number of piperidine rings is 1. The van der Waals surface area contributed by atoms with Crippen LogP contribution in [-0.4, -0.2) is 34.3 Å². The Morgan fingerprint density at radius 2 is 2.35 bits per heavy atom. The molecular formula is C10H16BrN5O. The van der Waals surface area contributed by atoms with Crippen molar-refractivity contribution in [2.75, 3.05) is 23.5 Å². The monoisotopic (exact) mass is 301 g/mol. The standard InChI is InChI=1S/C10H16BrN5O/c11-8-9(15-12)13-6-14-10(8)16-4-2-1-3-7(16)5-17/h6-7,17H,1-5,12H2,(H,13,14,15). The molecule has 1 atom stereocenters. The fourth-order valence-corrected chi connectivity index (χ4v) is 2.68. The van der Waals surface area contributed by atoms with E-state index < -0.39 is 0 Å². The van der Waals surface area contributed by atoms with Gasteiger partial charge in [-0.15, -0.1) is 0 Å². The number of hydrazine groups is 1. The second-order valence-corrected chi connectivity index (χ2v) is 4.82. The van der Waals surface area contributed by atoms with Crippen LogP contribution < -0.4 is 16.2 Å². The summed E-state index contributed by atoms with van der Waals surface area (Å²) in [6.07, 6.45) is 4.71. The zero-order valence-electron chi connectivity index (χ0n) is 9.43. The number of aliphatic hydroxyl groups is 1. The molecule has 7 heteroatoms. The average Bonchev–Trinajstić information content (AvgIpc) is 2.39. The van der Waals surface area contributed by atoms with Crippen LogP contribution in [0.25, 0.3) is 0 Å². The van der Waals surface area contributed by atoms with Gasteiger partial charge in [-0.3, -0.25) is 0 Å². The molecule has 1 aromatic heterocycles.